The molecule has 1 aliphatic heterocycles. The van der Waals surface area contributed by atoms with E-state index in [1.807, 2.05) is 0 Å². The monoisotopic (exact) mass is 188 g/mol. The normalized spacial score (nSPS) is 18.2. The first-order valence-corrected chi connectivity index (χ1v) is 5.05. The van der Waals surface area contributed by atoms with Crippen molar-refractivity contribution >= 4 is 0 Å². The highest BCUT2D eigenvalue weighted by molar-refractivity contribution is 4.64. The van der Waals surface area contributed by atoms with E-state index in [1.165, 1.54) is 25.9 Å². The molecule has 0 radical (unpaired) electrons. The van der Waals surface area contributed by atoms with Gasteiger partial charge in [0.2, 0.25) is 0 Å². The molecule has 0 aromatic rings. The second kappa shape index (κ2) is 7.26. The van der Waals surface area contributed by atoms with Crippen LogP contribution in [0.25, 0.3) is 0 Å². The van der Waals surface area contributed by atoms with Crippen molar-refractivity contribution in [2.45, 2.75) is 19.3 Å². The van der Waals surface area contributed by atoms with Gasteiger partial charge in [0.15, 0.2) is 0 Å². The molecule has 4 nitrogen and oxygen atoms in total. The molecule has 0 atom stereocenters. The van der Waals surface area contributed by atoms with Gasteiger partial charge in [-0.05, 0) is 32.4 Å². The largest absolute Gasteiger partial charge is 0.380 e. The number of likely N-dealkylation sites (tertiary alicyclic amines) is 1. The summed E-state index contributed by atoms with van der Waals surface area (Å²) in [5, 5.41) is 0. The Morgan fingerprint density at radius 3 is 2.54 bits per heavy atom. The standard InChI is InChI=1S/C9H20N2O2/c10-13-8-3-7-12-9-6-11-4-1-2-5-11/h1-10H2. The maximum atomic E-state index is 5.42. The Kier molecular flexibility index (Phi) is 6.10. The maximum Gasteiger partial charge on any atom is 0.0701 e. The lowest BCUT2D eigenvalue weighted by atomic mass is 10.4. The van der Waals surface area contributed by atoms with Crippen LogP contribution in [-0.2, 0) is 9.57 Å². The molecular formula is C9H20N2O2. The zero-order valence-corrected chi connectivity index (χ0v) is 8.21. The second-order valence-electron chi connectivity index (χ2n) is 3.39. The van der Waals surface area contributed by atoms with Gasteiger partial charge >= 0.3 is 0 Å². The first-order valence-electron chi connectivity index (χ1n) is 5.05. The number of hydrogen-bond donors (Lipinski definition) is 1. The van der Waals surface area contributed by atoms with Crippen LogP contribution in [0.5, 0.6) is 0 Å². The number of hydrogen-bond acceptors (Lipinski definition) is 4. The van der Waals surface area contributed by atoms with E-state index in [9.17, 15) is 0 Å². The average molecular weight is 188 g/mol. The van der Waals surface area contributed by atoms with Gasteiger partial charge in [0.25, 0.3) is 0 Å². The maximum absolute atomic E-state index is 5.42. The summed E-state index contributed by atoms with van der Waals surface area (Å²) in [6, 6.07) is 0. The van der Waals surface area contributed by atoms with E-state index in [-0.39, 0.29) is 0 Å². The van der Waals surface area contributed by atoms with Crippen LogP contribution in [-0.4, -0.2) is 44.4 Å². The molecule has 0 aromatic carbocycles. The van der Waals surface area contributed by atoms with Crippen LogP contribution < -0.4 is 5.90 Å². The summed E-state index contributed by atoms with van der Waals surface area (Å²) in [5.74, 6) is 4.88. The van der Waals surface area contributed by atoms with Gasteiger partial charge in [-0.3, -0.25) is 0 Å². The highest BCUT2D eigenvalue weighted by Gasteiger charge is 2.09. The van der Waals surface area contributed by atoms with E-state index < -0.39 is 0 Å². The van der Waals surface area contributed by atoms with E-state index in [1.54, 1.807) is 0 Å². The minimum absolute atomic E-state index is 0.587. The Morgan fingerprint density at radius 1 is 1.08 bits per heavy atom. The molecular weight excluding hydrogens is 168 g/mol. The molecule has 1 fully saturated rings. The van der Waals surface area contributed by atoms with Crippen molar-refractivity contribution < 1.29 is 9.57 Å². The fourth-order valence-electron chi connectivity index (χ4n) is 1.55. The summed E-state index contributed by atoms with van der Waals surface area (Å²) >= 11 is 0. The van der Waals surface area contributed by atoms with Crippen LogP contribution >= 0.6 is 0 Å². The molecule has 0 aliphatic carbocycles. The van der Waals surface area contributed by atoms with Crippen LogP contribution in [0.1, 0.15) is 19.3 Å². The molecule has 0 aromatic heterocycles. The lowest BCUT2D eigenvalue weighted by molar-refractivity contribution is 0.0741. The third kappa shape index (κ3) is 5.21. The first-order chi connectivity index (χ1) is 6.43. The minimum atomic E-state index is 0.587. The van der Waals surface area contributed by atoms with Crippen molar-refractivity contribution in [1.82, 2.24) is 4.90 Å². The van der Waals surface area contributed by atoms with Crippen LogP contribution in [0, 0.1) is 0 Å². The SMILES string of the molecule is NOCCCOCCN1CCCC1. The quantitative estimate of drug-likeness (QED) is 0.463. The third-order valence-corrected chi connectivity index (χ3v) is 2.30. The Bertz CT molecular complexity index is 116. The first kappa shape index (κ1) is 10.9. The Hall–Kier alpha value is -0.160. The molecule has 0 bridgehead atoms. The van der Waals surface area contributed by atoms with Gasteiger partial charge in [0, 0.05) is 13.2 Å². The fourth-order valence-corrected chi connectivity index (χ4v) is 1.55. The average Bonchev–Trinajstić information content (AvgIpc) is 2.63. The molecule has 2 N–H and O–H groups in total. The van der Waals surface area contributed by atoms with E-state index in [2.05, 4.69) is 9.74 Å². The van der Waals surface area contributed by atoms with Gasteiger partial charge in [-0.15, -0.1) is 0 Å². The molecule has 1 rings (SSSR count). The van der Waals surface area contributed by atoms with Gasteiger partial charge in [-0.25, -0.2) is 5.90 Å². The van der Waals surface area contributed by atoms with Crippen LogP contribution in [0.15, 0.2) is 0 Å². The van der Waals surface area contributed by atoms with E-state index in [0.29, 0.717) is 6.61 Å². The van der Waals surface area contributed by atoms with Crippen molar-refractivity contribution in [2.75, 3.05) is 39.5 Å². The summed E-state index contributed by atoms with van der Waals surface area (Å²) in [5.41, 5.74) is 0. The second-order valence-corrected chi connectivity index (χ2v) is 3.39. The van der Waals surface area contributed by atoms with Gasteiger partial charge in [0.1, 0.15) is 0 Å². The van der Waals surface area contributed by atoms with E-state index in [4.69, 9.17) is 10.6 Å². The Morgan fingerprint density at radius 2 is 1.85 bits per heavy atom. The summed E-state index contributed by atoms with van der Waals surface area (Å²) in [6.45, 7) is 5.74. The van der Waals surface area contributed by atoms with Crippen LogP contribution in [0.3, 0.4) is 0 Å². The van der Waals surface area contributed by atoms with Crippen molar-refractivity contribution in [2.24, 2.45) is 5.90 Å². The lowest BCUT2D eigenvalue weighted by Crippen LogP contribution is -2.24. The molecule has 1 aliphatic rings. The van der Waals surface area contributed by atoms with Gasteiger partial charge in [-0.1, -0.05) is 0 Å². The van der Waals surface area contributed by atoms with E-state index >= 15 is 0 Å². The highest BCUT2D eigenvalue weighted by atomic mass is 16.6. The molecule has 4 heteroatoms. The summed E-state index contributed by atoms with van der Waals surface area (Å²) in [6.07, 6.45) is 3.58. The lowest BCUT2D eigenvalue weighted by Gasteiger charge is -2.13. The predicted molar refractivity (Wildman–Crippen MR) is 51.2 cm³/mol. The van der Waals surface area contributed by atoms with Crippen molar-refractivity contribution in [3.63, 3.8) is 0 Å². The number of ether oxygens (including phenoxy) is 1. The summed E-state index contributed by atoms with van der Waals surface area (Å²) < 4.78 is 5.42. The van der Waals surface area contributed by atoms with E-state index in [0.717, 1.165) is 26.2 Å². The molecule has 0 unspecified atom stereocenters. The highest BCUT2D eigenvalue weighted by Crippen LogP contribution is 2.05. The third-order valence-electron chi connectivity index (χ3n) is 2.30. The molecule has 78 valence electrons. The molecule has 0 amide bonds. The smallest absolute Gasteiger partial charge is 0.0701 e. The molecule has 1 saturated heterocycles. The van der Waals surface area contributed by atoms with Crippen LogP contribution in [0.4, 0.5) is 0 Å². The van der Waals surface area contributed by atoms with Gasteiger partial charge in [0.05, 0.1) is 13.2 Å². The Labute approximate surface area is 79.9 Å². The number of nitrogens with zero attached hydrogens (tertiary/aromatic N) is 1. The zero-order valence-electron chi connectivity index (χ0n) is 8.21. The van der Waals surface area contributed by atoms with Crippen LogP contribution in [0.2, 0.25) is 0 Å². The Balaban J connectivity index is 1.78. The summed E-state index contributed by atoms with van der Waals surface area (Å²) in [4.78, 5) is 6.88. The van der Waals surface area contributed by atoms with Crippen molar-refractivity contribution in [3.05, 3.63) is 0 Å². The van der Waals surface area contributed by atoms with Gasteiger partial charge in [-0.2, -0.15) is 0 Å². The number of nitrogens with two attached hydrogens (primary N) is 1. The molecule has 0 saturated carbocycles. The summed E-state index contributed by atoms with van der Waals surface area (Å²) in [7, 11) is 0. The van der Waals surface area contributed by atoms with Gasteiger partial charge < -0.3 is 14.5 Å². The topological polar surface area (TPSA) is 47.7 Å². The molecule has 13 heavy (non-hydrogen) atoms. The fraction of sp³-hybridized carbons (Fsp3) is 1.00. The van der Waals surface area contributed by atoms with Crippen molar-refractivity contribution in [3.8, 4) is 0 Å². The minimum Gasteiger partial charge on any atom is -0.380 e. The predicted octanol–water partition coefficient (Wildman–Crippen LogP) is 0.379. The molecule has 1 heterocycles. The zero-order chi connectivity index (χ0) is 9.36. The molecule has 0 spiro atoms. The van der Waals surface area contributed by atoms with Crippen molar-refractivity contribution in [1.29, 1.82) is 0 Å². The number of rotatable bonds is 7.